The van der Waals surface area contributed by atoms with E-state index in [0.29, 0.717) is 73.1 Å². The molecule has 13 N–H and O–H groups in total. The lowest BCUT2D eigenvalue weighted by atomic mass is 9.94. The van der Waals surface area contributed by atoms with E-state index in [2.05, 4.69) is 16.0 Å². The van der Waals surface area contributed by atoms with Crippen LogP contribution in [-0.2, 0) is 52.5 Å². The first-order chi connectivity index (χ1) is 31.9. The van der Waals surface area contributed by atoms with Gasteiger partial charge in [-0.1, -0.05) is 0 Å². The number of nitrogens with zero attached hydrogens (tertiary/aromatic N) is 3. The number of amides is 5. The van der Waals surface area contributed by atoms with Gasteiger partial charge in [0.05, 0.1) is 19.1 Å². The molecule has 2 saturated heterocycles. The van der Waals surface area contributed by atoms with Crippen LogP contribution in [0.2, 0.25) is 0 Å². The molecular weight excluding hydrogens is 900 g/mol. The van der Waals surface area contributed by atoms with Crippen LogP contribution < -0.4 is 16.0 Å². The Kier molecular flexibility index (Phi) is 28.1. The van der Waals surface area contributed by atoms with Crippen molar-refractivity contribution in [1.82, 2.24) is 31.1 Å². The van der Waals surface area contributed by atoms with Gasteiger partial charge in [-0.3, -0.25) is 49.2 Å². The molecule has 0 aromatic carbocycles. The van der Waals surface area contributed by atoms with Gasteiger partial charge in [0.25, 0.3) is 0 Å². The van der Waals surface area contributed by atoms with Gasteiger partial charge < -0.3 is 70.6 Å². The molecule has 0 aliphatic carbocycles. The van der Waals surface area contributed by atoms with Crippen molar-refractivity contribution in [3.05, 3.63) is 0 Å². The topological polar surface area (TPSA) is 405 Å². The lowest BCUT2D eigenvalue weighted by Gasteiger charge is -2.44. The summed E-state index contributed by atoms with van der Waals surface area (Å²) in [6, 6.07) is -0.901. The largest absolute Gasteiger partial charge is 0.463 e. The number of rotatable bonds is 32. The van der Waals surface area contributed by atoms with Gasteiger partial charge in [0, 0.05) is 71.4 Å². The number of Topliss-reactive ketones (excluding diaryl/α,β-unsaturated/α-hetero) is 1. The molecule has 2 rings (SSSR count). The summed E-state index contributed by atoms with van der Waals surface area (Å²) in [6.45, 7) is -0.785. The molecule has 0 aromatic heterocycles. The van der Waals surface area contributed by atoms with Crippen molar-refractivity contribution < 1.29 is 104 Å². The molecule has 5 amide bonds. The monoisotopic (exact) mass is 970 g/mol. The predicted octanol–water partition coefficient (Wildman–Crippen LogP) is -4.71. The highest BCUT2D eigenvalue weighted by atomic mass is 16.7. The second-order valence-corrected chi connectivity index (χ2v) is 16.0. The zero-order chi connectivity index (χ0) is 50.1. The summed E-state index contributed by atoms with van der Waals surface area (Å²) in [6.07, 6.45) is -14.2. The maximum absolute atomic E-state index is 12.6. The second kappa shape index (κ2) is 31.9. The molecule has 0 bridgehead atoms. The molecular formula is C40H70N6O21. The third-order valence-electron chi connectivity index (χ3n) is 10.8. The number of esters is 1. The van der Waals surface area contributed by atoms with Crippen LogP contribution in [0, 0.1) is 0 Å². The quantitative estimate of drug-likeness (QED) is 0.0130. The zero-order valence-electron chi connectivity index (χ0n) is 37.6. The molecule has 0 aromatic rings. The number of nitrogens with one attached hydrogen (secondary N) is 3. The van der Waals surface area contributed by atoms with E-state index in [9.17, 15) is 79.8 Å². The third-order valence-corrected chi connectivity index (χ3v) is 10.8. The van der Waals surface area contributed by atoms with Crippen molar-refractivity contribution >= 4 is 41.3 Å². The van der Waals surface area contributed by atoms with Gasteiger partial charge in [-0.05, 0) is 58.4 Å². The number of carbonyl (C=O) groups is 7. The Balaban J connectivity index is 1.56. The molecule has 386 valence electrons. The van der Waals surface area contributed by atoms with E-state index in [-0.39, 0.29) is 64.4 Å². The fraction of sp³-hybridized carbons (Fsp3) is 0.825. The zero-order valence-corrected chi connectivity index (χ0v) is 37.6. The van der Waals surface area contributed by atoms with Crippen LogP contribution in [0.3, 0.4) is 0 Å². The highest BCUT2D eigenvalue weighted by Gasteiger charge is 2.51. The van der Waals surface area contributed by atoms with Crippen molar-refractivity contribution in [2.75, 3.05) is 59.6 Å². The maximum Gasteiger partial charge on any atom is 0.306 e. The average Bonchev–Trinajstić information content (AvgIpc) is 3.31. The maximum atomic E-state index is 12.6. The van der Waals surface area contributed by atoms with E-state index in [4.69, 9.17) is 24.1 Å². The molecule has 2 fully saturated rings. The van der Waals surface area contributed by atoms with E-state index in [1.54, 1.807) is 0 Å². The Labute approximate surface area is 386 Å². The van der Waals surface area contributed by atoms with E-state index < -0.39 is 123 Å². The molecule has 0 radical (unpaired) electrons. The molecule has 0 spiro atoms. The number of hydrogen-bond donors (Lipinski definition) is 13. The summed E-state index contributed by atoms with van der Waals surface area (Å²) in [7, 11) is 1.44. The molecule has 67 heavy (non-hydrogen) atoms. The number of ketones is 1. The predicted molar refractivity (Wildman–Crippen MR) is 223 cm³/mol. The van der Waals surface area contributed by atoms with E-state index in [0.717, 1.165) is 0 Å². The van der Waals surface area contributed by atoms with Crippen LogP contribution >= 0.6 is 0 Å². The highest BCUT2D eigenvalue weighted by Crippen LogP contribution is 2.28. The molecule has 2 heterocycles. The fourth-order valence-electron chi connectivity index (χ4n) is 6.70. The van der Waals surface area contributed by atoms with Gasteiger partial charge >= 0.3 is 5.97 Å². The van der Waals surface area contributed by atoms with Crippen molar-refractivity contribution in [3.63, 3.8) is 0 Å². The number of ether oxygens (including phenoxy) is 4. The summed E-state index contributed by atoms with van der Waals surface area (Å²) in [5.74, 6) is -5.03. The van der Waals surface area contributed by atoms with Gasteiger partial charge in [0.2, 0.25) is 41.6 Å². The fourth-order valence-corrected chi connectivity index (χ4v) is 6.70. The lowest BCUT2D eigenvalue weighted by molar-refractivity contribution is -0.331. The summed E-state index contributed by atoms with van der Waals surface area (Å²) in [5, 5.41) is 110. The van der Waals surface area contributed by atoms with Crippen molar-refractivity contribution in [2.24, 2.45) is 0 Å². The first kappa shape index (κ1) is 59.1. The molecule has 2 unspecified atom stereocenters. The van der Waals surface area contributed by atoms with Crippen LogP contribution in [0.25, 0.3) is 0 Å². The molecule has 27 heteroatoms. The Morgan fingerprint density at radius 1 is 0.642 bits per heavy atom. The van der Waals surface area contributed by atoms with Gasteiger partial charge in [-0.2, -0.15) is 0 Å². The number of hydroxylamine groups is 6. The summed E-state index contributed by atoms with van der Waals surface area (Å²) < 4.78 is 21.0. The minimum atomic E-state index is -2.11. The lowest BCUT2D eigenvalue weighted by Crippen LogP contribution is -2.65. The first-order valence-corrected chi connectivity index (χ1v) is 22.3. The Morgan fingerprint density at radius 3 is 1.61 bits per heavy atom. The smallest absolute Gasteiger partial charge is 0.306 e. The summed E-state index contributed by atoms with van der Waals surface area (Å²) in [5.41, 5.74) is 0. The number of likely N-dealkylation sites (N-methyl/N-ethyl adjacent to an activating group) is 1. The number of aliphatic hydroxyl groups is 7. The molecule has 10 atom stereocenters. The number of hydrogen-bond acceptors (Lipinski definition) is 22. The van der Waals surface area contributed by atoms with Gasteiger partial charge in [-0.25, -0.2) is 15.2 Å². The SMILES string of the molecule is CNC(CO)[C@H]1OC(O)[C@H](O[C@H]2O[C@H](COC(=O)CCC(=O)N(O)CCCCCNC(=O)CCC(=O)N(O)CCCCCNC(=O)CCC(=O)N(O)CCCCO)[C@@H](O)[C@H](O)C2=O)[C@@H](O)[C@@H]1O. The third kappa shape index (κ3) is 21.0. The molecule has 2 aliphatic heterocycles. The average molecular weight is 971 g/mol. The van der Waals surface area contributed by atoms with Gasteiger partial charge in [-0.15, -0.1) is 0 Å². The van der Waals surface area contributed by atoms with Crippen LogP contribution in [0.1, 0.15) is 89.9 Å². The van der Waals surface area contributed by atoms with Crippen molar-refractivity contribution in [1.29, 1.82) is 0 Å². The number of unbranched alkanes of at least 4 members (excludes halogenated alkanes) is 5. The normalized spacial score (nSPS) is 24.3. The number of carbonyl (C=O) groups excluding carboxylic acids is 7. The van der Waals surface area contributed by atoms with Crippen LogP contribution in [0.4, 0.5) is 0 Å². The van der Waals surface area contributed by atoms with E-state index >= 15 is 0 Å². The van der Waals surface area contributed by atoms with Crippen LogP contribution in [0.15, 0.2) is 0 Å². The summed E-state index contributed by atoms with van der Waals surface area (Å²) in [4.78, 5) is 85.5. The Morgan fingerprint density at radius 2 is 1.13 bits per heavy atom. The van der Waals surface area contributed by atoms with Crippen LogP contribution in [-0.4, -0.2) is 229 Å². The Hall–Kier alpha value is -4.07. The summed E-state index contributed by atoms with van der Waals surface area (Å²) >= 11 is 0. The standard InChI is InChI=1S/C40H70N6O21/c1-41-24(22-48)37-34(57)35(58)38(39(60)66-37)67-40-36(59)33(56)32(55)25(65-40)23-64-31(54)15-14-30(53)45(62)19-7-3-5-17-42-26(49)10-12-28(51)44(61)18-6-2-4-16-43-27(50)11-13-29(52)46(63)20-8-9-21-47/h24-25,32-35,37-41,47-48,55-58,60-63H,2-23H2,1H3,(H,42,49)(H,43,50)/t24?,25-,32-,33+,34+,35+,37-,38-,39?,40-/m1/s1. The van der Waals surface area contributed by atoms with Crippen LogP contribution in [0.5, 0.6) is 0 Å². The Bertz CT molecular complexity index is 1550. The van der Waals surface area contributed by atoms with Crippen molar-refractivity contribution in [2.45, 2.75) is 151 Å². The van der Waals surface area contributed by atoms with E-state index in [1.165, 1.54) is 7.05 Å². The molecule has 27 nitrogen and oxygen atoms in total. The molecule has 0 saturated carbocycles. The van der Waals surface area contributed by atoms with E-state index in [1.807, 2.05) is 0 Å². The highest BCUT2D eigenvalue weighted by molar-refractivity contribution is 5.87. The second-order valence-electron chi connectivity index (χ2n) is 16.0. The number of aliphatic hydroxyl groups excluding tert-OH is 7. The minimum Gasteiger partial charge on any atom is -0.463 e. The minimum absolute atomic E-state index is 0.0211. The molecule has 2 aliphatic rings. The van der Waals surface area contributed by atoms with Crippen molar-refractivity contribution in [3.8, 4) is 0 Å². The van der Waals surface area contributed by atoms with Gasteiger partial charge in [0.1, 0.15) is 49.3 Å². The first-order valence-electron chi connectivity index (χ1n) is 22.3. The van der Waals surface area contributed by atoms with Gasteiger partial charge in [0.15, 0.2) is 6.29 Å².